The van der Waals surface area contributed by atoms with Crippen LogP contribution in [-0.2, 0) is 24.0 Å². The van der Waals surface area contributed by atoms with Crippen LogP contribution < -0.4 is 20.0 Å². The average molecular weight is 518 g/mol. The van der Waals surface area contributed by atoms with E-state index in [1.165, 1.54) is 11.5 Å². The van der Waals surface area contributed by atoms with Crippen LogP contribution in [0.2, 0.25) is 0 Å². The van der Waals surface area contributed by atoms with Gasteiger partial charge in [0.1, 0.15) is 4.53 Å². The third kappa shape index (κ3) is 3.99. The van der Waals surface area contributed by atoms with Gasteiger partial charge in [0.25, 0.3) is 11.5 Å². The van der Waals surface area contributed by atoms with Crippen LogP contribution in [-0.4, -0.2) is 29.0 Å². The van der Waals surface area contributed by atoms with Crippen LogP contribution >= 0.6 is 11.3 Å². The number of esters is 1. The lowest BCUT2D eigenvalue weighted by Gasteiger charge is -2.24. The number of thiazole rings is 1. The van der Waals surface area contributed by atoms with Gasteiger partial charge in [-0.25, -0.2) is 14.6 Å². The number of aryl methyl sites for hydroxylation is 1. The lowest BCUT2D eigenvalue weighted by molar-refractivity contribution is -0.146. The third-order valence-electron chi connectivity index (χ3n) is 6.12. The molecule has 10 heteroatoms. The number of rotatable bonds is 4. The minimum absolute atomic E-state index is 0.113. The van der Waals surface area contributed by atoms with E-state index in [9.17, 15) is 19.2 Å². The normalized spacial score (nSPS) is 17.8. The number of nitrogens with zero attached hydrogens (tertiary/aromatic N) is 3. The molecule has 2 aliphatic rings. The van der Waals surface area contributed by atoms with Crippen molar-refractivity contribution in [3.05, 3.63) is 96.2 Å². The van der Waals surface area contributed by atoms with Crippen molar-refractivity contribution >= 4 is 40.4 Å². The topological polar surface area (TPSA) is 107 Å². The van der Waals surface area contributed by atoms with Crippen LogP contribution in [0.15, 0.2) is 69.6 Å². The highest BCUT2D eigenvalue weighted by molar-refractivity contribution is 7.07. The van der Waals surface area contributed by atoms with Crippen LogP contribution in [0.4, 0.5) is 5.69 Å². The Morgan fingerprint density at radius 1 is 1.05 bits per heavy atom. The highest BCUT2D eigenvalue weighted by Gasteiger charge is 2.38. The number of hydrogen-bond acceptors (Lipinski definition) is 8. The molecule has 3 heterocycles. The summed E-state index contributed by atoms with van der Waals surface area (Å²) in [6.07, 6.45) is 0. The Balaban J connectivity index is 1.80. The monoisotopic (exact) mass is 517 g/mol. The van der Waals surface area contributed by atoms with Gasteiger partial charge in [-0.1, -0.05) is 59.4 Å². The predicted molar refractivity (Wildman–Crippen MR) is 136 cm³/mol. The molecule has 5 rings (SSSR count). The molecule has 0 bridgehead atoms. The maximum atomic E-state index is 14.0. The van der Waals surface area contributed by atoms with Gasteiger partial charge in [-0.3, -0.25) is 14.2 Å². The Kier molecular flexibility index (Phi) is 6.12. The number of para-hydroxylation sites is 1. The van der Waals surface area contributed by atoms with Crippen molar-refractivity contribution in [3.63, 3.8) is 0 Å². The molecule has 0 spiro atoms. The summed E-state index contributed by atoms with van der Waals surface area (Å²) in [5.74, 6) is -1.86. The highest BCUT2D eigenvalue weighted by atomic mass is 32.1. The molecule has 0 fully saturated rings. The van der Waals surface area contributed by atoms with E-state index < -0.39 is 29.4 Å². The fourth-order valence-electron chi connectivity index (χ4n) is 4.53. The molecule has 2 aliphatic heterocycles. The first-order chi connectivity index (χ1) is 17.7. The van der Waals surface area contributed by atoms with E-state index in [0.29, 0.717) is 27.3 Å². The number of fused-ring (bicyclic) bond motifs is 2. The number of carbonyl (C=O) groups excluding carboxylic acids is 3. The number of anilines is 1. The molecule has 0 radical (unpaired) electrons. The molecule has 3 aromatic rings. The van der Waals surface area contributed by atoms with Gasteiger partial charge in [0.15, 0.2) is 4.80 Å². The molecule has 0 unspecified atom stereocenters. The molecule has 188 valence electrons. The standard InChI is InChI=1S/C27H23N3O6S/c1-5-35-26(34)20-15(3)28-27-29(22(20)17-12-10-14(2)11-13-17)25(33)23(37-27)21-18-8-6-7-9-19(18)30(24(21)32)36-16(4)31/h6-13,22H,5H2,1-4H3/b23-21-/t22-/m0/s1. The molecule has 1 aromatic heterocycles. The molecule has 1 atom stereocenters. The van der Waals surface area contributed by atoms with Crippen molar-refractivity contribution in [2.75, 3.05) is 11.7 Å². The molecule has 1 amide bonds. The summed E-state index contributed by atoms with van der Waals surface area (Å²) in [5, 5.41) is 0.901. The van der Waals surface area contributed by atoms with Crippen molar-refractivity contribution in [1.29, 1.82) is 0 Å². The van der Waals surface area contributed by atoms with Crippen LogP contribution in [0.25, 0.3) is 5.57 Å². The lowest BCUT2D eigenvalue weighted by atomic mass is 9.95. The number of hydrogen-bond donors (Lipinski definition) is 0. The molecule has 0 saturated heterocycles. The van der Waals surface area contributed by atoms with Gasteiger partial charge in [-0.2, -0.15) is 0 Å². The summed E-state index contributed by atoms with van der Waals surface area (Å²) in [4.78, 5) is 62.2. The zero-order valence-corrected chi connectivity index (χ0v) is 21.4. The first kappa shape index (κ1) is 24.4. The summed E-state index contributed by atoms with van der Waals surface area (Å²) in [7, 11) is 0. The van der Waals surface area contributed by atoms with Gasteiger partial charge in [-0.15, -0.1) is 5.06 Å². The number of carbonyl (C=O) groups is 3. The van der Waals surface area contributed by atoms with E-state index in [1.807, 2.05) is 31.2 Å². The van der Waals surface area contributed by atoms with Crippen LogP contribution in [0.5, 0.6) is 0 Å². The molecule has 37 heavy (non-hydrogen) atoms. The van der Waals surface area contributed by atoms with Gasteiger partial charge >= 0.3 is 11.9 Å². The van der Waals surface area contributed by atoms with Crippen molar-refractivity contribution in [2.45, 2.75) is 33.7 Å². The van der Waals surface area contributed by atoms with Crippen LogP contribution in [0.3, 0.4) is 0 Å². The molecule has 0 saturated carbocycles. The van der Waals surface area contributed by atoms with Gasteiger partial charge < -0.3 is 9.57 Å². The fourth-order valence-corrected chi connectivity index (χ4v) is 5.67. The van der Waals surface area contributed by atoms with Crippen LogP contribution in [0, 0.1) is 6.92 Å². The number of benzene rings is 2. The van der Waals surface area contributed by atoms with Gasteiger partial charge in [-0.05, 0) is 32.4 Å². The quantitative estimate of drug-likeness (QED) is 0.492. The Hall–Kier alpha value is -4.31. The molecule has 0 aliphatic carbocycles. The minimum atomic E-state index is -0.790. The van der Waals surface area contributed by atoms with E-state index in [-0.39, 0.29) is 22.3 Å². The van der Waals surface area contributed by atoms with Crippen molar-refractivity contribution in [2.24, 2.45) is 4.99 Å². The Morgan fingerprint density at radius 3 is 2.43 bits per heavy atom. The predicted octanol–water partition coefficient (Wildman–Crippen LogP) is 2.30. The molecule has 2 aromatic carbocycles. The zero-order chi connectivity index (χ0) is 26.4. The maximum absolute atomic E-state index is 14.0. The van der Waals surface area contributed by atoms with Crippen molar-refractivity contribution in [1.82, 2.24) is 4.57 Å². The van der Waals surface area contributed by atoms with E-state index in [4.69, 9.17) is 9.57 Å². The maximum Gasteiger partial charge on any atom is 0.338 e. The molecular formula is C27H23N3O6S. The van der Waals surface area contributed by atoms with Crippen LogP contribution in [0.1, 0.15) is 43.5 Å². The molecule has 9 nitrogen and oxygen atoms in total. The largest absolute Gasteiger partial charge is 0.463 e. The summed E-state index contributed by atoms with van der Waals surface area (Å²) in [6.45, 7) is 6.73. The Bertz CT molecular complexity index is 1680. The zero-order valence-electron chi connectivity index (χ0n) is 20.6. The Morgan fingerprint density at radius 2 is 1.76 bits per heavy atom. The number of ether oxygens (including phenoxy) is 1. The summed E-state index contributed by atoms with van der Waals surface area (Å²) in [5.41, 5.74) is 2.88. The third-order valence-corrected chi connectivity index (χ3v) is 7.18. The van der Waals surface area contributed by atoms with E-state index in [1.54, 1.807) is 38.1 Å². The molecular weight excluding hydrogens is 494 g/mol. The first-order valence-corrected chi connectivity index (χ1v) is 12.5. The Labute approximate surface area is 215 Å². The van der Waals surface area contributed by atoms with E-state index in [2.05, 4.69) is 4.99 Å². The summed E-state index contributed by atoms with van der Waals surface area (Å²) < 4.78 is 6.89. The lowest BCUT2D eigenvalue weighted by Crippen LogP contribution is -2.41. The van der Waals surface area contributed by atoms with Gasteiger partial charge in [0.2, 0.25) is 0 Å². The average Bonchev–Trinajstić information content (AvgIpc) is 3.31. The smallest absolute Gasteiger partial charge is 0.338 e. The summed E-state index contributed by atoms with van der Waals surface area (Å²) >= 11 is 1.05. The number of hydroxylamine groups is 1. The summed E-state index contributed by atoms with van der Waals surface area (Å²) in [6, 6.07) is 13.5. The van der Waals surface area contributed by atoms with E-state index in [0.717, 1.165) is 22.0 Å². The second-order valence-electron chi connectivity index (χ2n) is 8.61. The van der Waals surface area contributed by atoms with Gasteiger partial charge in [0, 0.05) is 12.5 Å². The number of allylic oxidation sites excluding steroid dienone is 1. The number of amides is 1. The SMILES string of the molecule is CCOC(=O)C1=C(C)N=c2s/c(=C3\C(=O)N(OC(C)=O)c4ccccc43)c(=O)n2[C@H]1c1ccc(C)cc1. The number of aromatic nitrogens is 1. The second kappa shape index (κ2) is 9.29. The van der Waals surface area contributed by atoms with Crippen molar-refractivity contribution in [3.8, 4) is 0 Å². The van der Waals surface area contributed by atoms with Gasteiger partial charge in [0.05, 0.1) is 35.2 Å². The minimum Gasteiger partial charge on any atom is -0.463 e. The fraction of sp³-hybridized carbons (Fsp3) is 0.222. The molecule has 0 N–H and O–H groups in total. The van der Waals surface area contributed by atoms with Crippen molar-refractivity contribution < 1.29 is 24.0 Å². The first-order valence-electron chi connectivity index (χ1n) is 11.6. The van der Waals surface area contributed by atoms with E-state index >= 15 is 0 Å². The second-order valence-corrected chi connectivity index (χ2v) is 9.59. The highest BCUT2D eigenvalue weighted by Crippen LogP contribution is 2.36.